The third kappa shape index (κ3) is 1.50. The molecular weight excluding hydrogens is 126 g/mol. The zero-order chi connectivity index (χ0) is 7.72. The summed E-state index contributed by atoms with van der Waals surface area (Å²) in [6, 6.07) is 1.08. The lowest BCUT2D eigenvalue weighted by molar-refractivity contribution is 0.0290. The standard InChI is InChI=1S/C8H17NO/c1-6-4-8(10)5-7(2)9(6)3/h6-8,10H,4-5H2,1-3H3/t6-,7-/m1/s1. The molecule has 1 fully saturated rings. The highest BCUT2D eigenvalue weighted by Crippen LogP contribution is 2.20. The number of hydrogen-bond acceptors (Lipinski definition) is 2. The van der Waals surface area contributed by atoms with Crippen molar-refractivity contribution in [2.75, 3.05) is 7.05 Å². The van der Waals surface area contributed by atoms with Gasteiger partial charge in [-0.2, -0.15) is 0 Å². The zero-order valence-corrected chi connectivity index (χ0v) is 7.04. The van der Waals surface area contributed by atoms with Crippen molar-refractivity contribution in [3.63, 3.8) is 0 Å². The Morgan fingerprint density at radius 2 is 1.60 bits per heavy atom. The van der Waals surface area contributed by atoms with Gasteiger partial charge in [0.15, 0.2) is 0 Å². The van der Waals surface area contributed by atoms with Crippen LogP contribution in [0, 0.1) is 0 Å². The highest BCUT2D eigenvalue weighted by molar-refractivity contribution is 4.81. The van der Waals surface area contributed by atoms with Gasteiger partial charge in [0.1, 0.15) is 0 Å². The number of likely N-dealkylation sites (tertiary alicyclic amines) is 1. The average Bonchev–Trinajstić information content (AvgIpc) is 1.82. The molecule has 1 aliphatic rings. The molecule has 2 atom stereocenters. The van der Waals surface area contributed by atoms with Gasteiger partial charge in [-0.1, -0.05) is 0 Å². The SMILES string of the molecule is C[C@@H]1CC(O)C[C@@H](C)N1C. The number of nitrogens with zero attached hydrogens (tertiary/aromatic N) is 1. The van der Waals surface area contributed by atoms with Gasteiger partial charge in [-0.25, -0.2) is 0 Å². The second-order valence-electron chi connectivity index (χ2n) is 3.49. The smallest absolute Gasteiger partial charge is 0.0569 e. The minimum absolute atomic E-state index is 0.0683. The summed E-state index contributed by atoms with van der Waals surface area (Å²) in [6.45, 7) is 4.33. The molecule has 0 saturated carbocycles. The van der Waals surface area contributed by atoms with Crippen molar-refractivity contribution in [3.8, 4) is 0 Å². The third-order valence-electron chi connectivity index (χ3n) is 2.62. The molecule has 0 aromatic rings. The summed E-state index contributed by atoms with van der Waals surface area (Å²) in [5.74, 6) is 0. The highest BCUT2D eigenvalue weighted by Gasteiger charge is 2.26. The molecule has 0 spiro atoms. The van der Waals surface area contributed by atoms with E-state index >= 15 is 0 Å². The van der Waals surface area contributed by atoms with Crippen molar-refractivity contribution in [1.29, 1.82) is 0 Å². The second-order valence-corrected chi connectivity index (χ2v) is 3.49. The number of rotatable bonds is 0. The van der Waals surface area contributed by atoms with Crippen LogP contribution < -0.4 is 0 Å². The summed E-state index contributed by atoms with van der Waals surface area (Å²) in [6.07, 6.45) is 1.79. The van der Waals surface area contributed by atoms with Crippen LogP contribution in [0.15, 0.2) is 0 Å². The van der Waals surface area contributed by atoms with Gasteiger partial charge < -0.3 is 10.0 Å². The van der Waals surface area contributed by atoms with Crippen molar-refractivity contribution in [2.24, 2.45) is 0 Å². The summed E-state index contributed by atoms with van der Waals surface area (Å²) in [7, 11) is 2.13. The van der Waals surface area contributed by atoms with E-state index in [2.05, 4.69) is 25.8 Å². The first-order chi connectivity index (χ1) is 4.61. The molecule has 2 heteroatoms. The molecule has 0 amide bonds. The van der Waals surface area contributed by atoms with E-state index < -0.39 is 0 Å². The minimum Gasteiger partial charge on any atom is -0.393 e. The number of aliphatic hydroxyl groups is 1. The number of piperidine rings is 1. The maximum Gasteiger partial charge on any atom is 0.0569 e. The molecule has 0 bridgehead atoms. The van der Waals surface area contributed by atoms with E-state index in [1.165, 1.54) is 0 Å². The van der Waals surface area contributed by atoms with Gasteiger partial charge in [-0.15, -0.1) is 0 Å². The fourth-order valence-electron chi connectivity index (χ4n) is 1.65. The van der Waals surface area contributed by atoms with Crippen LogP contribution in [0.4, 0.5) is 0 Å². The lowest BCUT2D eigenvalue weighted by atomic mass is 9.96. The Morgan fingerprint density at radius 1 is 1.20 bits per heavy atom. The Hall–Kier alpha value is -0.0800. The monoisotopic (exact) mass is 143 g/mol. The van der Waals surface area contributed by atoms with E-state index in [1.54, 1.807) is 0 Å². The normalized spacial score (nSPS) is 43.8. The first-order valence-corrected chi connectivity index (χ1v) is 4.01. The molecule has 1 N–H and O–H groups in total. The average molecular weight is 143 g/mol. The van der Waals surface area contributed by atoms with Gasteiger partial charge in [0.05, 0.1) is 6.10 Å². The van der Waals surface area contributed by atoms with Gasteiger partial charge >= 0.3 is 0 Å². The molecule has 1 aliphatic heterocycles. The lowest BCUT2D eigenvalue weighted by Gasteiger charge is -2.38. The molecule has 1 saturated heterocycles. The van der Waals surface area contributed by atoms with Crippen LogP contribution in [0.5, 0.6) is 0 Å². The molecule has 0 aromatic heterocycles. The van der Waals surface area contributed by atoms with Crippen LogP contribution in [-0.2, 0) is 0 Å². The van der Waals surface area contributed by atoms with Crippen LogP contribution in [0.3, 0.4) is 0 Å². The van der Waals surface area contributed by atoms with Crippen molar-refractivity contribution in [1.82, 2.24) is 4.90 Å². The van der Waals surface area contributed by atoms with Gasteiger partial charge in [0, 0.05) is 12.1 Å². The molecule has 2 nitrogen and oxygen atoms in total. The first-order valence-electron chi connectivity index (χ1n) is 4.01. The maximum absolute atomic E-state index is 9.34. The van der Waals surface area contributed by atoms with Gasteiger partial charge in [0.2, 0.25) is 0 Å². The quantitative estimate of drug-likeness (QED) is 0.543. The van der Waals surface area contributed by atoms with Crippen LogP contribution in [0.1, 0.15) is 26.7 Å². The van der Waals surface area contributed by atoms with Crippen molar-refractivity contribution in [2.45, 2.75) is 44.9 Å². The molecule has 0 radical (unpaired) electrons. The third-order valence-corrected chi connectivity index (χ3v) is 2.62. The van der Waals surface area contributed by atoms with Crippen molar-refractivity contribution < 1.29 is 5.11 Å². The Kier molecular flexibility index (Phi) is 2.32. The lowest BCUT2D eigenvalue weighted by Crippen LogP contribution is -2.45. The topological polar surface area (TPSA) is 23.5 Å². The Balaban J connectivity index is 2.49. The molecule has 10 heavy (non-hydrogen) atoms. The van der Waals surface area contributed by atoms with Gasteiger partial charge in [-0.3, -0.25) is 0 Å². The van der Waals surface area contributed by atoms with E-state index in [-0.39, 0.29) is 6.10 Å². The second kappa shape index (κ2) is 2.89. The fourth-order valence-corrected chi connectivity index (χ4v) is 1.65. The van der Waals surface area contributed by atoms with Gasteiger partial charge in [-0.05, 0) is 33.7 Å². The van der Waals surface area contributed by atoms with E-state index in [0.717, 1.165) is 12.8 Å². The van der Waals surface area contributed by atoms with Crippen LogP contribution >= 0.6 is 0 Å². The summed E-state index contributed by atoms with van der Waals surface area (Å²) in [5.41, 5.74) is 0. The van der Waals surface area contributed by atoms with Crippen LogP contribution in [0.2, 0.25) is 0 Å². The molecule has 0 unspecified atom stereocenters. The zero-order valence-electron chi connectivity index (χ0n) is 7.04. The predicted octanol–water partition coefficient (Wildman–Crippen LogP) is 0.850. The largest absolute Gasteiger partial charge is 0.393 e. The van der Waals surface area contributed by atoms with E-state index in [0.29, 0.717) is 12.1 Å². The summed E-state index contributed by atoms with van der Waals surface area (Å²) < 4.78 is 0. The van der Waals surface area contributed by atoms with E-state index in [4.69, 9.17) is 0 Å². The fraction of sp³-hybridized carbons (Fsp3) is 1.00. The first kappa shape index (κ1) is 8.02. The molecule has 1 rings (SSSR count). The molecule has 0 aliphatic carbocycles. The maximum atomic E-state index is 9.34. The molecule has 60 valence electrons. The summed E-state index contributed by atoms with van der Waals surface area (Å²) in [5, 5.41) is 9.34. The van der Waals surface area contributed by atoms with E-state index in [9.17, 15) is 5.11 Å². The molecule has 0 aromatic carbocycles. The predicted molar refractivity (Wildman–Crippen MR) is 41.9 cm³/mol. The summed E-state index contributed by atoms with van der Waals surface area (Å²) >= 11 is 0. The van der Waals surface area contributed by atoms with Gasteiger partial charge in [0.25, 0.3) is 0 Å². The van der Waals surface area contributed by atoms with E-state index in [1.807, 2.05) is 0 Å². The molecule has 1 heterocycles. The molecular formula is C8H17NO. The number of hydrogen-bond donors (Lipinski definition) is 1. The number of aliphatic hydroxyl groups excluding tert-OH is 1. The van der Waals surface area contributed by atoms with Crippen LogP contribution in [-0.4, -0.2) is 35.2 Å². The Labute approximate surface area is 62.8 Å². The Morgan fingerprint density at radius 3 is 2.00 bits per heavy atom. The Bertz CT molecular complexity index is 104. The van der Waals surface area contributed by atoms with Crippen molar-refractivity contribution >= 4 is 0 Å². The highest BCUT2D eigenvalue weighted by atomic mass is 16.3. The van der Waals surface area contributed by atoms with Crippen LogP contribution in [0.25, 0.3) is 0 Å². The minimum atomic E-state index is -0.0683. The van der Waals surface area contributed by atoms with Crippen molar-refractivity contribution in [3.05, 3.63) is 0 Å². The summed E-state index contributed by atoms with van der Waals surface area (Å²) in [4.78, 5) is 2.33.